The Labute approximate surface area is 124 Å². The molecule has 6 nitrogen and oxygen atoms in total. The summed E-state index contributed by atoms with van der Waals surface area (Å²) in [7, 11) is 1.91. The van der Waals surface area contributed by atoms with Gasteiger partial charge in [0.05, 0.1) is 5.69 Å². The van der Waals surface area contributed by atoms with Crippen molar-refractivity contribution in [3.05, 3.63) is 41.8 Å². The monoisotopic (exact) mass is 291 g/mol. The summed E-state index contributed by atoms with van der Waals surface area (Å²) in [6.45, 7) is 3.16. The third-order valence-electron chi connectivity index (χ3n) is 2.93. The number of nitrogens with two attached hydrogens (primary N) is 1. The molecule has 1 aromatic carbocycles. The second kappa shape index (κ2) is 7.10. The SMILES string of the molecule is Cc1cc(CN(C)CC(O)COc2cccc(N)c2)no1. The highest BCUT2D eigenvalue weighted by atomic mass is 16.5. The topological polar surface area (TPSA) is 84.8 Å². The molecule has 0 amide bonds. The third-order valence-corrected chi connectivity index (χ3v) is 2.93. The molecular formula is C15H21N3O3. The number of aliphatic hydroxyl groups excluding tert-OH is 1. The molecule has 2 aromatic rings. The summed E-state index contributed by atoms with van der Waals surface area (Å²) >= 11 is 0. The Hall–Kier alpha value is -2.05. The van der Waals surface area contributed by atoms with Crippen molar-refractivity contribution in [1.82, 2.24) is 10.1 Å². The highest BCUT2D eigenvalue weighted by Gasteiger charge is 2.11. The van der Waals surface area contributed by atoms with Crippen LogP contribution in [0.3, 0.4) is 0 Å². The number of aromatic nitrogens is 1. The zero-order valence-electron chi connectivity index (χ0n) is 12.3. The van der Waals surface area contributed by atoms with Crippen LogP contribution in [-0.4, -0.2) is 41.5 Å². The predicted molar refractivity (Wildman–Crippen MR) is 79.9 cm³/mol. The van der Waals surface area contributed by atoms with E-state index in [-0.39, 0.29) is 6.61 Å². The van der Waals surface area contributed by atoms with Crippen LogP contribution >= 0.6 is 0 Å². The molecule has 0 spiro atoms. The molecule has 0 saturated carbocycles. The van der Waals surface area contributed by atoms with Crippen LogP contribution in [0.15, 0.2) is 34.9 Å². The lowest BCUT2D eigenvalue weighted by atomic mass is 10.3. The van der Waals surface area contributed by atoms with E-state index in [0.717, 1.165) is 11.5 Å². The highest BCUT2D eigenvalue weighted by molar-refractivity contribution is 5.43. The summed E-state index contributed by atoms with van der Waals surface area (Å²) in [5.74, 6) is 1.44. The van der Waals surface area contributed by atoms with Crippen LogP contribution in [0.1, 0.15) is 11.5 Å². The van der Waals surface area contributed by atoms with Gasteiger partial charge in [0, 0.05) is 30.9 Å². The molecule has 2 rings (SSSR count). The van der Waals surface area contributed by atoms with E-state index < -0.39 is 6.10 Å². The van der Waals surface area contributed by atoms with E-state index in [1.165, 1.54) is 0 Å². The standard InChI is InChI=1S/C15H21N3O3/c1-11-6-13(17-21-11)8-18(2)9-14(19)10-20-15-5-3-4-12(16)7-15/h3-7,14,19H,8-10,16H2,1-2H3. The fourth-order valence-electron chi connectivity index (χ4n) is 2.04. The van der Waals surface area contributed by atoms with Crippen molar-refractivity contribution in [3.63, 3.8) is 0 Å². The lowest BCUT2D eigenvalue weighted by Gasteiger charge is -2.19. The molecule has 6 heteroatoms. The number of hydrogen-bond acceptors (Lipinski definition) is 6. The summed E-state index contributed by atoms with van der Waals surface area (Å²) in [5, 5.41) is 13.9. The van der Waals surface area contributed by atoms with Crippen molar-refractivity contribution >= 4 is 5.69 Å². The summed E-state index contributed by atoms with van der Waals surface area (Å²) in [4.78, 5) is 1.96. The molecule has 0 saturated heterocycles. The molecule has 0 aliphatic heterocycles. The van der Waals surface area contributed by atoms with Gasteiger partial charge in [0.15, 0.2) is 0 Å². The first-order chi connectivity index (χ1) is 10.0. The van der Waals surface area contributed by atoms with E-state index in [1.54, 1.807) is 12.1 Å². The lowest BCUT2D eigenvalue weighted by molar-refractivity contribution is 0.0738. The smallest absolute Gasteiger partial charge is 0.133 e. The van der Waals surface area contributed by atoms with Gasteiger partial charge >= 0.3 is 0 Å². The predicted octanol–water partition coefficient (Wildman–Crippen LogP) is 1.44. The first-order valence-corrected chi connectivity index (χ1v) is 6.80. The molecule has 1 heterocycles. The summed E-state index contributed by atoms with van der Waals surface area (Å²) < 4.78 is 10.5. The van der Waals surface area contributed by atoms with Gasteiger partial charge in [-0.15, -0.1) is 0 Å². The summed E-state index contributed by atoms with van der Waals surface area (Å²) in [6, 6.07) is 9.03. The summed E-state index contributed by atoms with van der Waals surface area (Å²) in [5.41, 5.74) is 7.15. The van der Waals surface area contributed by atoms with Gasteiger partial charge in [0.25, 0.3) is 0 Å². The minimum absolute atomic E-state index is 0.214. The Morgan fingerprint density at radius 2 is 2.24 bits per heavy atom. The zero-order valence-corrected chi connectivity index (χ0v) is 12.3. The minimum atomic E-state index is -0.593. The van der Waals surface area contributed by atoms with Gasteiger partial charge in [0.2, 0.25) is 0 Å². The van der Waals surface area contributed by atoms with Gasteiger partial charge in [-0.05, 0) is 26.1 Å². The third kappa shape index (κ3) is 5.09. The van der Waals surface area contributed by atoms with E-state index in [0.29, 0.717) is 24.5 Å². The summed E-state index contributed by atoms with van der Waals surface area (Å²) in [6.07, 6.45) is -0.593. The van der Waals surface area contributed by atoms with Crippen LogP contribution < -0.4 is 10.5 Å². The van der Waals surface area contributed by atoms with E-state index in [1.807, 2.05) is 37.1 Å². The van der Waals surface area contributed by atoms with E-state index >= 15 is 0 Å². The Balaban J connectivity index is 1.74. The van der Waals surface area contributed by atoms with Crippen LogP contribution in [0.25, 0.3) is 0 Å². The maximum Gasteiger partial charge on any atom is 0.133 e. The van der Waals surface area contributed by atoms with Gasteiger partial charge in [-0.1, -0.05) is 11.2 Å². The van der Waals surface area contributed by atoms with E-state index in [9.17, 15) is 5.11 Å². The van der Waals surface area contributed by atoms with Crippen molar-refractivity contribution < 1.29 is 14.4 Å². The molecule has 114 valence electrons. The maximum atomic E-state index is 9.99. The Morgan fingerprint density at radius 3 is 2.90 bits per heavy atom. The lowest BCUT2D eigenvalue weighted by Crippen LogP contribution is -2.32. The van der Waals surface area contributed by atoms with Gasteiger partial charge in [-0.2, -0.15) is 0 Å². The van der Waals surface area contributed by atoms with Gasteiger partial charge in [0.1, 0.15) is 24.2 Å². The van der Waals surface area contributed by atoms with Crippen molar-refractivity contribution in [1.29, 1.82) is 0 Å². The van der Waals surface area contributed by atoms with Crippen LogP contribution in [0, 0.1) is 6.92 Å². The molecule has 3 N–H and O–H groups in total. The van der Waals surface area contributed by atoms with Crippen LogP contribution in [0.5, 0.6) is 5.75 Å². The van der Waals surface area contributed by atoms with Gasteiger partial charge < -0.3 is 20.1 Å². The molecule has 0 fully saturated rings. The molecule has 1 unspecified atom stereocenters. The number of ether oxygens (including phenoxy) is 1. The number of nitrogen functional groups attached to an aromatic ring is 1. The van der Waals surface area contributed by atoms with Gasteiger partial charge in [-0.25, -0.2) is 0 Å². The number of hydrogen-bond donors (Lipinski definition) is 2. The Morgan fingerprint density at radius 1 is 1.43 bits per heavy atom. The van der Waals surface area contributed by atoms with Gasteiger partial charge in [-0.3, -0.25) is 4.90 Å². The van der Waals surface area contributed by atoms with Crippen molar-refractivity contribution in [3.8, 4) is 5.75 Å². The quantitative estimate of drug-likeness (QED) is 0.751. The molecule has 0 aliphatic carbocycles. The Bertz CT molecular complexity index is 571. The van der Waals surface area contributed by atoms with Crippen molar-refractivity contribution in [2.24, 2.45) is 0 Å². The Kier molecular flexibility index (Phi) is 5.19. The molecule has 0 radical (unpaired) electrons. The molecule has 0 aliphatic rings. The number of rotatable bonds is 7. The second-order valence-corrected chi connectivity index (χ2v) is 5.16. The fraction of sp³-hybridized carbons (Fsp3) is 0.400. The largest absolute Gasteiger partial charge is 0.491 e. The van der Waals surface area contributed by atoms with E-state index in [4.69, 9.17) is 15.0 Å². The van der Waals surface area contributed by atoms with E-state index in [2.05, 4.69) is 5.16 Å². The molecular weight excluding hydrogens is 270 g/mol. The average Bonchev–Trinajstić information content (AvgIpc) is 2.81. The van der Waals surface area contributed by atoms with Crippen molar-refractivity contribution in [2.45, 2.75) is 19.6 Å². The number of benzene rings is 1. The first kappa shape index (κ1) is 15.3. The zero-order chi connectivity index (χ0) is 15.2. The molecule has 21 heavy (non-hydrogen) atoms. The second-order valence-electron chi connectivity index (χ2n) is 5.16. The molecule has 1 atom stereocenters. The highest BCUT2D eigenvalue weighted by Crippen LogP contribution is 2.14. The minimum Gasteiger partial charge on any atom is -0.491 e. The maximum absolute atomic E-state index is 9.99. The number of anilines is 1. The fourth-order valence-corrected chi connectivity index (χ4v) is 2.04. The molecule has 1 aromatic heterocycles. The van der Waals surface area contributed by atoms with Crippen LogP contribution in [-0.2, 0) is 6.54 Å². The first-order valence-electron chi connectivity index (χ1n) is 6.80. The number of aryl methyl sites for hydroxylation is 1. The molecule has 0 bridgehead atoms. The number of likely N-dealkylation sites (N-methyl/N-ethyl adjacent to an activating group) is 1. The average molecular weight is 291 g/mol. The van der Waals surface area contributed by atoms with Crippen LogP contribution in [0.4, 0.5) is 5.69 Å². The normalized spacial score (nSPS) is 12.6. The van der Waals surface area contributed by atoms with Crippen molar-refractivity contribution in [2.75, 3.05) is 25.9 Å². The number of nitrogens with zero attached hydrogens (tertiary/aromatic N) is 2. The number of aliphatic hydroxyl groups is 1. The van der Waals surface area contributed by atoms with Crippen LogP contribution in [0.2, 0.25) is 0 Å².